The monoisotopic (exact) mass is 124 g/mol. The van der Waals surface area contributed by atoms with E-state index >= 15 is 0 Å². The fourth-order valence-corrected chi connectivity index (χ4v) is 2.05. The highest BCUT2D eigenvalue weighted by atomic mass is 16.1. The Morgan fingerprint density at radius 2 is 2.44 bits per heavy atom. The maximum Gasteiger partial charge on any atom is 0.133 e. The van der Waals surface area contributed by atoms with Crippen molar-refractivity contribution in [3.05, 3.63) is 0 Å². The van der Waals surface area contributed by atoms with Gasteiger partial charge >= 0.3 is 0 Å². The van der Waals surface area contributed by atoms with Gasteiger partial charge in [-0.15, -0.1) is 0 Å². The molecule has 2 atom stereocenters. The van der Waals surface area contributed by atoms with Crippen LogP contribution in [0.15, 0.2) is 0 Å². The molecule has 1 nitrogen and oxygen atoms in total. The number of carbonyl (C=O) groups is 1. The number of rotatable bonds is 0. The maximum absolute atomic E-state index is 10.9. The maximum atomic E-state index is 10.9. The minimum Gasteiger partial charge on any atom is -0.300 e. The number of carbonyl (C=O) groups excluding carboxylic acids is 1. The average molecular weight is 124 g/mol. The fourth-order valence-electron chi connectivity index (χ4n) is 2.05. The molecular formula is C8H12O. The van der Waals surface area contributed by atoms with Crippen LogP contribution in [0.5, 0.6) is 0 Å². The Morgan fingerprint density at radius 3 is 3.00 bits per heavy atom. The Morgan fingerprint density at radius 1 is 1.67 bits per heavy atom. The summed E-state index contributed by atoms with van der Waals surface area (Å²) in [7, 11) is 0. The molecule has 0 spiro atoms. The minimum atomic E-state index is 0.468. The van der Waals surface area contributed by atoms with Gasteiger partial charge in [0.25, 0.3) is 0 Å². The second kappa shape index (κ2) is 1.39. The zero-order valence-corrected chi connectivity index (χ0v) is 5.81. The van der Waals surface area contributed by atoms with Gasteiger partial charge in [-0.1, -0.05) is 6.92 Å². The third kappa shape index (κ3) is 0.707. The molecule has 0 aromatic heterocycles. The van der Waals surface area contributed by atoms with Gasteiger partial charge in [-0.05, 0) is 24.2 Å². The number of fused-ring (bicyclic) bond motifs is 1. The Bertz CT molecular complexity index is 162. The number of Topliss-reactive ketones (excluding diaryl/α,β-unsaturated/α-hetero) is 1. The molecule has 0 saturated heterocycles. The van der Waals surface area contributed by atoms with Gasteiger partial charge in [0, 0.05) is 12.8 Å². The first-order valence-electron chi connectivity index (χ1n) is 3.72. The van der Waals surface area contributed by atoms with E-state index in [1.807, 2.05) is 0 Å². The molecule has 0 N–H and O–H groups in total. The van der Waals surface area contributed by atoms with Crippen molar-refractivity contribution in [1.82, 2.24) is 0 Å². The van der Waals surface area contributed by atoms with Crippen LogP contribution >= 0.6 is 0 Å². The van der Waals surface area contributed by atoms with Crippen LogP contribution < -0.4 is 0 Å². The largest absolute Gasteiger partial charge is 0.300 e. The quantitative estimate of drug-likeness (QED) is 0.481. The van der Waals surface area contributed by atoms with E-state index in [2.05, 4.69) is 6.92 Å². The van der Waals surface area contributed by atoms with Gasteiger partial charge in [0.15, 0.2) is 0 Å². The standard InChI is InChI=1S/C8H12O/c1-8-4-6(8)2-3-7(9)5-8/h6H,2-5H2,1H3/t6-,8-/m0/s1. The lowest BCUT2D eigenvalue weighted by molar-refractivity contribution is -0.121. The lowest BCUT2D eigenvalue weighted by Gasteiger charge is -2.14. The minimum absolute atomic E-state index is 0.468. The van der Waals surface area contributed by atoms with Crippen molar-refractivity contribution < 1.29 is 4.79 Å². The summed E-state index contributed by atoms with van der Waals surface area (Å²) in [6.07, 6.45) is 4.23. The molecule has 2 rings (SSSR count). The van der Waals surface area contributed by atoms with Crippen molar-refractivity contribution in [3.63, 3.8) is 0 Å². The normalized spacial score (nSPS) is 48.6. The topological polar surface area (TPSA) is 17.1 Å². The van der Waals surface area contributed by atoms with Crippen LogP contribution in [-0.4, -0.2) is 5.78 Å². The Kier molecular flexibility index (Phi) is 0.842. The second-order valence-corrected chi connectivity index (χ2v) is 3.81. The van der Waals surface area contributed by atoms with Gasteiger partial charge < -0.3 is 0 Å². The average Bonchev–Trinajstić information content (AvgIpc) is 2.38. The highest BCUT2D eigenvalue weighted by Crippen LogP contribution is 2.59. The van der Waals surface area contributed by atoms with E-state index in [1.165, 1.54) is 12.8 Å². The van der Waals surface area contributed by atoms with Gasteiger partial charge in [-0.2, -0.15) is 0 Å². The fraction of sp³-hybridized carbons (Fsp3) is 0.875. The number of hydrogen-bond acceptors (Lipinski definition) is 1. The first-order chi connectivity index (χ1) is 4.21. The summed E-state index contributed by atoms with van der Waals surface area (Å²) in [5.41, 5.74) is 0.468. The van der Waals surface area contributed by atoms with E-state index in [9.17, 15) is 4.79 Å². The SMILES string of the molecule is C[C@]12CC(=O)CC[C@H]1C2. The van der Waals surface area contributed by atoms with Crippen LogP contribution in [0.2, 0.25) is 0 Å². The molecule has 0 heterocycles. The van der Waals surface area contributed by atoms with Crippen molar-refractivity contribution in [2.75, 3.05) is 0 Å². The summed E-state index contributed by atoms with van der Waals surface area (Å²) in [5, 5.41) is 0. The molecule has 0 aromatic rings. The molecule has 0 unspecified atom stereocenters. The van der Waals surface area contributed by atoms with E-state index in [1.54, 1.807) is 0 Å². The van der Waals surface area contributed by atoms with Crippen LogP contribution in [-0.2, 0) is 4.79 Å². The van der Waals surface area contributed by atoms with E-state index in [0.29, 0.717) is 11.2 Å². The van der Waals surface area contributed by atoms with E-state index in [-0.39, 0.29) is 0 Å². The predicted molar refractivity (Wildman–Crippen MR) is 35.1 cm³/mol. The second-order valence-electron chi connectivity index (χ2n) is 3.81. The van der Waals surface area contributed by atoms with E-state index in [0.717, 1.165) is 18.8 Å². The highest BCUT2D eigenvalue weighted by molar-refractivity contribution is 5.80. The summed E-state index contributed by atoms with van der Waals surface area (Å²) in [6.45, 7) is 2.24. The van der Waals surface area contributed by atoms with Crippen molar-refractivity contribution in [2.24, 2.45) is 11.3 Å². The van der Waals surface area contributed by atoms with Crippen molar-refractivity contribution >= 4 is 5.78 Å². The lowest BCUT2D eigenvalue weighted by atomic mass is 9.89. The lowest BCUT2D eigenvalue weighted by Crippen LogP contribution is -2.13. The summed E-state index contributed by atoms with van der Waals surface area (Å²) >= 11 is 0. The number of ketones is 1. The first-order valence-corrected chi connectivity index (χ1v) is 3.72. The van der Waals surface area contributed by atoms with Crippen LogP contribution in [0.3, 0.4) is 0 Å². The molecule has 0 aliphatic heterocycles. The Labute approximate surface area is 55.4 Å². The molecule has 2 aliphatic carbocycles. The van der Waals surface area contributed by atoms with Crippen LogP contribution in [0.4, 0.5) is 0 Å². The van der Waals surface area contributed by atoms with Crippen molar-refractivity contribution in [1.29, 1.82) is 0 Å². The summed E-state index contributed by atoms with van der Waals surface area (Å²) in [4.78, 5) is 10.9. The molecule has 50 valence electrons. The van der Waals surface area contributed by atoms with Gasteiger partial charge in [-0.3, -0.25) is 4.79 Å². The number of hydrogen-bond donors (Lipinski definition) is 0. The van der Waals surface area contributed by atoms with Gasteiger partial charge in [0.1, 0.15) is 5.78 Å². The summed E-state index contributed by atoms with van der Waals surface area (Å²) in [5.74, 6) is 1.40. The Hall–Kier alpha value is -0.330. The molecular weight excluding hydrogens is 112 g/mol. The van der Waals surface area contributed by atoms with Crippen molar-refractivity contribution in [3.8, 4) is 0 Å². The summed E-state index contributed by atoms with van der Waals surface area (Å²) in [6, 6.07) is 0. The van der Waals surface area contributed by atoms with Crippen molar-refractivity contribution in [2.45, 2.75) is 32.6 Å². The Balaban J connectivity index is 2.11. The molecule has 0 bridgehead atoms. The van der Waals surface area contributed by atoms with Gasteiger partial charge in [0.05, 0.1) is 0 Å². The zero-order chi connectivity index (χ0) is 6.48. The smallest absolute Gasteiger partial charge is 0.133 e. The molecule has 9 heavy (non-hydrogen) atoms. The third-order valence-electron chi connectivity index (χ3n) is 2.91. The van der Waals surface area contributed by atoms with E-state index in [4.69, 9.17) is 0 Å². The van der Waals surface area contributed by atoms with Gasteiger partial charge in [-0.25, -0.2) is 0 Å². The van der Waals surface area contributed by atoms with Crippen LogP contribution in [0, 0.1) is 11.3 Å². The van der Waals surface area contributed by atoms with Crippen LogP contribution in [0.25, 0.3) is 0 Å². The molecule has 0 radical (unpaired) electrons. The zero-order valence-electron chi connectivity index (χ0n) is 5.81. The molecule has 2 fully saturated rings. The van der Waals surface area contributed by atoms with Crippen LogP contribution in [0.1, 0.15) is 32.6 Å². The predicted octanol–water partition coefficient (Wildman–Crippen LogP) is 1.77. The molecule has 1 heteroatoms. The molecule has 2 saturated carbocycles. The van der Waals surface area contributed by atoms with E-state index < -0.39 is 0 Å². The first kappa shape index (κ1) is 5.45. The summed E-state index contributed by atoms with van der Waals surface area (Å²) < 4.78 is 0. The molecule has 2 aliphatic rings. The highest BCUT2D eigenvalue weighted by Gasteiger charge is 2.52. The van der Waals surface area contributed by atoms with Gasteiger partial charge in [0.2, 0.25) is 0 Å². The third-order valence-corrected chi connectivity index (χ3v) is 2.91. The molecule has 0 amide bonds. The molecule has 0 aromatic carbocycles.